The lowest BCUT2D eigenvalue weighted by atomic mass is 10.0. The predicted octanol–water partition coefficient (Wildman–Crippen LogP) is 2.72. The van der Waals surface area contributed by atoms with Gasteiger partial charge < -0.3 is 9.84 Å². The summed E-state index contributed by atoms with van der Waals surface area (Å²) in [6.07, 6.45) is 4.58. The van der Waals surface area contributed by atoms with Crippen molar-refractivity contribution in [1.82, 2.24) is 4.90 Å². The molecule has 2 aliphatic rings. The summed E-state index contributed by atoms with van der Waals surface area (Å²) in [5.41, 5.74) is 0.951. The molecule has 0 unspecified atom stereocenters. The van der Waals surface area contributed by atoms with Crippen LogP contribution in [0.5, 0.6) is 5.75 Å². The minimum atomic E-state index is -0.514. The highest BCUT2D eigenvalue weighted by atomic mass is 16.6. The smallest absolute Gasteiger partial charge is 0.424 e. The van der Waals surface area contributed by atoms with Crippen LogP contribution in [0.25, 0.3) is 0 Å². The molecule has 2 heterocycles. The third kappa shape index (κ3) is 1.42. The van der Waals surface area contributed by atoms with E-state index in [1.807, 2.05) is 6.07 Å². The van der Waals surface area contributed by atoms with Gasteiger partial charge in [-0.25, -0.2) is 9.69 Å². The highest BCUT2D eigenvalue weighted by molar-refractivity contribution is 5.81. The fraction of sp³-hybridized carbons (Fsp3) is 0. The molecule has 4 heteroatoms. The highest BCUT2D eigenvalue weighted by Crippen LogP contribution is 2.37. The van der Waals surface area contributed by atoms with Crippen molar-refractivity contribution in [3.8, 4) is 5.75 Å². The maximum Gasteiger partial charge on any atom is 0.424 e. The molecule has 1 amide bonds. The molecule has 0 aliphatic carbocycles. The molecule has 0 radical (unpaired) electrons. The van der Waals surface area contributed by atoms with E-state index in [1.165, 1.54) is 4.90 Å². The van der Waals surface area contributed by atoms with Crippen molar-refractivity contribution in [2.24, 2.45) is 0 Å². The van der Waals surface area contributed by atoms with Crippen molar-refractivity contribution in [2.45, 2.75) is 0 Å². The average Bonchev–Trinajstić information content (AvgIpc) is 2.38. The van der Waals surface area contributed by atoms with Crippen LogP contribution in [0.3, 0.4) is 0 Å². The third-order valence-corrected chi connectivity index (χ3v) is 2.61. The molecule has 2 aliphatic heterocycles. The molecule has 2 bridgehead atoms. The minimum Gasteiger partial charge on any atom is -0.504 e. The third-order valence-electron chi connectivity index (χ3n) is 2.61. The molecule has 0 atom stereocenters. The van der Waals surface area contributed by atoms with Crippen LogP contribution in [-0.2, 0) is 0 Å². The number of amides is 1. The molecule has 3 rings (SSSR count). The molecular weight excluding hydrogens is 218 g/mol. The Morgan fingerprint density at radius 3 is 2.59 bits per heavy atom. The Labute approximate surface area is 97.7 Å². The number of hydrogen-bond acceptors (Lipinski definition) is 3. The Morgan fingerprint density at radius 1 is 1.24 bits per heavy atom. The molecule has 0 saturated heterocycles. The first-order chi connectivity index (χ1) is 8.27. The van der Waals surface area contributed by atoms with Crippen LogP contribution in [0.4, 0.5) is 4.79 Å². The Hall–Kier alpha value is -2.49. The number of hydrogen-bond donors (Lipinski definition) is 1. The van der Waals surface area contributed by atoms with E-state index in [0.29, 0.717) is 17.1 Å². The predicted molar refractivity (Wildman–Crippen MR) is 61.2 cm³/mol. The van der Waals surface area contributed by atoms with Gasteiger partial charge in [0.05, 0.1) is 11.4 Å². The van der Waals surface area contributed by atoms with Gasteiger partial charge >= 0.3 is 6.09 Å². The largest absolute Gasteiger partial charge is 0.504 e. The number of aliphatic hydroxyl groups excluding tert-OH is 1. The number of nitrogens with zero attached hydrogens (tertiary/aromatic N) is 1. The number of carbonyl (C=O) groups excluding carboxylic acids is 1. The molecule has 0 aromatic heterocycles. The standard InChI is InChI=1S/C13H9NO3/c15-12-10-7-4-8-11(12)14(10)13(16)17-9-5-2-1-3-6-9/h1-8,15H. The normalized spacial score (nSPS) is 16.5. The Kier molecular flexibility index (Phi) is 2.01. The van der Waals surface area contributed by atoms with Gasteiger partial charge in [0.25, 0.3) is 0 Å². The fourth-order valence-electron chi connectivity index (χ4n) is 1.79. The van der Waals surface area contributed by atoms with Gasteiger partial charge in [-0.3, -0.25) is 0 Å². The number of allylic oxidation sites excluding steroid dienone is 3. The maximum atomic E-state index is 11.8. The number of aliphatic hydroxyl groups is 1. The molecule has 1 aromatic carbocycles. The average molecular weight is 227 g/mol. The number of ether oxygens (including phenoxy) is 1. The highest BCUT2D eigenvalue weighted by Gasteiger charge is 2.38. The minimum absolute atomic E-state index is 0.137. The summed E-state index contributed by atoms with van der Waals surface area (Å²) >= 11 is 0. The van der Waals surface area contributed by atoms with Gasteiger partial charge in [-0.2, -0.15) is 0 Å². The number of rotatable bonds is 1. The van der Waals surface area contributed by atoms with E-state index in [0.717, 1.165) is 0 Å². The zero-order valence-corrected chi connectivity index (χ0v) is 8.83. The first-order valence-electron chi connectivity index (χ1n) is 5.16. The quantitative estimate of drug-likeness (QED) is 0.802. The lowest BCUT2D eigenvalue weighted by Gasteiger charge is -2.35. The van der Waals surface area contributed by atoms with Gasteiger partial charge in [0.1, 0.15) is 5.75 Å². The molecule has 1 N–H and O–H groups in total. The SMILES string of the molecule is O=C(Oc1ccccc1)N1C2=CC=CC1=C2O. The summed E-state index contributed by atoms with van der Waals surface area (Å²) in [6, 6.07) is 8.82. The van der Waals surface area contributed by atoms with Crippen molar-refractivity contribution >= 4 is 6.09 Å². The second-order valence-corrected chi connectivity index (χ2v) is 3.66. The van der Waals surface area contributed by atoms with Crippen LogP contribution in [-0.4, -0.2) is 16.1 Å². The number of benzene rings is 1. The molecular formula is C13H9NO3. The van der Waals surface area contributed by atoms with Crippen molar-refractivity contribution in [2.75, 3.05) is 0 Å². The summed E-state index contributed by atoms with van der Waals surface area (Å²) in [6.45, 7) is 0. The van der Waals surface area contributed by atoms with E-state index in [1.54, 1.807) is 42.5 Å². The first-order valence-corrected chi connectivity index (χ1v) is 5.16. The topological polar surface area (TPSA) is 49.8 Å². The van der Waals surface area contributed by atoms with E-state index in [2.05, 4.69) is 0 Å². The lowest BCUT2D eigenvalue weighted by molar-refractivity contribution is 0.163. The van der Waals surface area contributed by atoms with E-state index in [-0.39, 0.29) is 5.76 Å². The van der Waals surface area contributed by atoms with E-state index in [9.17, 15) is 9.90 Å². The monoisotopic (exact) mass is 227 g/mol. The molecule has 84 valence electrons. The second-order valence-electron chi connectivity index (χ2n) is 3.66. The van der Waals surface area contributed by atoms with Crippen molar-refractivity contribution in [3.63, 3.8) is 0 Å². The van der Waals surface area contributed by atoms with Gasteiger partial charge in [-0.05, 0) is 24.3 Å². The van der Waals surface area contributed by atoms with Gasteiger partial charge in [0, 0.05) is 0 Å². The molecule has 0 spiro atoms. The van der Waals surface area contributed by atoms with Gasteiger partial charge in [-0.1, -0.05) is 24.3 Å². The van der Waals surface area contributed by atoms with Crippen LogP contribution in [0.2, 0.25) is 0 Å². The summed E-state index contributed by atoms with van der Waals surface area (Å²) in [5, 5.41) is 9.52. The summed E-state index contributed by atoms with van der Waals surface area (Å²) in [4.78, 5) is 13.2. The second kappa shape index (κ2) is 3.52. The van der Waals surface area contributed by atoms with Crippen LogP contribution >= 0.6 is 0 Å². The number of carbonyl (C=O) groups is 1. The van der Waals surface area contributed by atoms with Crippen LogP contribution < -0.4 is 4.74 Å². The van der Waals surface area contributed by atoms with E-state index in [4.69, 9.17) is 4.74 Å². The summed E-state index contributed by atoms with van der Waals surface area (Å²) < 4.78 is 5.17. The molecule has 4 nitrogen and oxygen atoms in total. The van der Waals surface area contributed by atoms with Crippen molar-refractivity contribution < 1.29 is 14.6 Å². The Morgan fingerprint density at radius 2 is 2.00 bits per heavy atom. The summed E-state index contributed by atoms with van der Waals surface area (Å²) in [7, 11) is 0. The number of para-hydroxylation sites is 1. The van der Waals surface area contributed by atoms with Crippen LogP contribution in [0.1, 0.15) is 0 Å². The number of fused-ring (bicyclic) bond motifs is 2. The van der Waals surface area contributed by atoms with E-state index < -0.39 is 6.09 Å². The van der Waals surface area contributed by atoms with Gasteiger partial charge in [-0.15, -0.1) is 0 Å². The Bertz CT molecular complexity index is 570. The van der Waals surface area contributed by atoms with Gasteiger partial charge in [0.15, 0.2) is 5.76 Å². The van der Waals surface area contributed by atoms with Crippen LogP contribution in [0.15, 0.2) is 65.7 Å². The van der Waals surface area contributed by atoms with E-state index >= 15 is 0 Å². The Balaban J connectivity index is 1.79. The van der Waals surface area contributed by atoms with Crippen LogP contribution in [0, 0.1) is 0 Å². The molecule has 1 aromatic rings. The van der Waals surface area contributed by atoms with Gasteiger partial charge in [0.2, 0.25) is 0 Å². The molecule has 0 fully saturated rings. The first kappa shape index (κ1) is 9.72. The zero-order valence-electron chi connectivity index (χ0n) is 8.83. The molecule has 17 heavy (non-hydrogen) atoms. The fourth-order valence-corrected chi connectivity index (χ4v) is 1.79. The van der Waals surface area contributed by atoms with Crippen molar-refractivity contribution in [1.29, 1.82) is 0 Å². The lowest BCUT2D eigenvalue weighted by Crippen LogP contribution is -2.41. The van der Waals surface area contributed by atoms with Crippen molar-refractivity contribution in [3.05, 3.63) is 65.7 Å². The summed E-state index contributed by atoms with van der Waals surface area (Å²) in [5.74, 6) is 0.615. The molecule has 0 saturated carbocycles. The zero-order chi connectivity index (χ0) is 11.8. The maximum absolute atomic E-state index is 11.8.